The molecule has 120 valence electrons. The zero-order valence-electron chi connectivity index (χ0n) is 13.3. The van der Waals surface area contributed by atoms with Crippen molar-refractivity contribution in [1.82, 2.24) is 5.32 Å². The lowest BCUT2D eigenvalue weighted by Gasteiger charge is -2.31. The molecule has 1 rings (SSSR count). The lowest BCUT2D eigenvalue weighted by atomic mass is 9.85. The maximum absolute atomic E-state index is 10.00. The lowest BCUT2D eigenvalue weighted by molar-refractivity contribution is -0.0508. The van der Waals surface area contributed by atoms with E-state index in [1.54, 1.807) is 0 Å². The van der Waals surface area contributed by atoms with Gasteiger partial charge in [0.2, 0.25) is 0 Å². The van der Waals surface area contributed by atoms with Crippen molar-refractivity contribution in [1.29, 1.82) is 0 Å². The molecule has 4 atom stereocenters. The van der Waals surface area contributed by atoms with Crippen LogP contribution >= 0.6 is 0 Å². The van der Waals surface area contributed by atoms with Gasteiger partial charge in [-0.25, -0.2) is 0 Å². The summed E-state index contributed by atoms with van der Waals surface area (Å²) in [5.41, 5.74) is 0. The molecule has 0 aliphatic heterocycles. The summed E-state index contributed by atoms with van der Waals surface area (Å²) >= 11 is 0. The summed E-state index contributed by atoms with van der Waals surface area (Å²) in [5, 5.41) is 22.4. The number of rotatable bonds is 9. The molecule has 0 aromatic heterocycles. The van der Waals surface area contributed by atoms with E-state index in [2.05, 4.69) is 26.1 Å². The molecule has 0 bridgehead atoms. The minimum atomic E-state index is -0.498. The quantitative estimate of drug-likeness (QED) is 0.606. The van der Waals surface area contributed by atoms with Gasteiger partial charge in [-0.15, -0.1) is 0 Å². The van der Waals surface area contributed by atoms with Crippen molar-refractivity contribution in [2.24, 2.45) is 11.8 Å². The summed E-state index contributed by atoms with van der Waals surface area (Å²) < 4.78 is 5.92. The van der Waals surface area contributed by atoms with E-state index in [0.29, 0.717) is 31.1 Å². The number of ether oxygens (including phenoxy) is 1. The Bertz CT molecular complexity index is 248. The summed E-state index contributed by atoms with van der Waals surface area (Å²) in [7, 11) is 0. The lowest BCUT2D eigenvalue weighted by Crippen LogP contribution is -2.43. The standard InChI is InChI=1S/C16H33NO3/c1-4-13-7-5-6-8-16(13)20-11-14(19)9-17-15(10-18)12(2)3/h12-19H,4-11H2,1-3H3/t13?,14?,15-,16?/m1/s1. The van der Waals surface area contributed by atoms with Gasteiger partial charge in [0.05, 0.1) is 25.4 Å². The van der Waals surface area contributed by atoms with Crippen LogP contribution in [-0.4, -0.2) is 48.2 Å². The number of aliphatic hydroxyl groups is 2. The zero-order valence-corrected chi connectivity index (χ0v) is 13.3. The summed E-state index contributed by atoms with van der Waals surface area (Å²) in [6.45, 7) is 7.32. The third-order valence-electron chi connectivity index (χ3n) is 4.48. The maximum Gasteiger partial charge on any atom is 0.0897 e. The first kappa shape index (κ1) is 17.9. The van der Waals surface area contributed by atoms with Gasteiger partial charge in [-0.05, 0) is 24.7 Å². The molecule has 1 saturated carbocycles. The highest BCUT2D eigenvalue weighted by Gasteiger charge is 2.25. The number of aliphatic hydroxyl groups excluding tert-OH is 2. The van der Waals surface area contributed by atoms with Crippen molar-refractivity contribution >= 4 is 0 Å². The van der Waals surface area contributed by atoms with Crippen molar-refractivity contribution in [2.75, 3.05) is 19.8 Å². The first-order valence-corrected chi connectivity index (χ1v) is 8.22. The van der Waals surface area contributed by atoms with Gasteiger partial charge in [-0.2, -0.15) is 0 Å². The fourth-order valence-corrected chi connectivity index (χ4v) is 2.95. The molecule has 1 aliphatic rings. The van der Waals surface area contributed by atoms with Gasteiger partial charge in [0.15, 0.2) is 0 Å². The van der Waals surface area contributed by atoms with E-state index in [1.807, 2.05) is 0 Å². The fourth-order valence-electron chi connectivity index (χ4n) is 2.95. The average molecular weight is 287 g/mol. The SMILES string of the molecule is CCC1CCCCC1OCC(O)CN[C@H](CO)C(C)C. The van der Waals surface area contributed by atoms with E-state index in [1.165, 1.54) is 25.7 Å². The average Bonchev–Trinajstić information content (AvgIpc) is 2.45. The van der Waals surface area contributed by atoms with E-state index in [-0.39, 0.29) is 12.6 Å². The van der Waals surface area contributed by atoms with Crippen LogP contribution in [0, 0.1) is 11.8 Å². The molecule has 4 heteroatoms. The Kier molecular flexibility index (Phi) is 8.69. The number of hydrogen-bond acceptors (Lipinski definition) is 4. The molecule has 0 heterocycles. The first-order valence-electron chi connectivity index (χ1n) is 8.22. The van der Waals surface area contributed by atoms with Crippen molar-refractivity contribution in [3.05, 3.63) is 0 Å². The predicted octanol–water partition coefficient (Wildman–Crippen LogP) is 1.94. The van der Waals surface area contributed by atoms with Crippen LogP contribution in [0.2, 0.25) is 0 Å². The van der Waals surface area contributed by atoms with Gasteiger partial charge in [-0.1, -0.05) is 40.0 Å². The van der Waals surface area contributed by atoms with Gasteiger partial charge in [-0.3, -0.25) is 0 Å². The van der Waals surface area contributed by atoms with E-state index in [4.69, 9.17) is 4.74 Å². The fraction of sp³-hybridized carbons (Fsp3) is 1.00. The van der Waals surface area contributed by atoms with Crippen molar-refractivity contribution in [3.8, 4) is 0 Å². The molecule has 1 aliphatic carbocycles. The molecular formula is C16H33NO3. The van der Waals surface area contributed by atoms with Crippen LogP contribution in [0.15, 0.2) is 0 Å². The van der Waals surface area contributed by atoms with Crippen molar-refractivity contribution in [2.45, 2.75) is 71.1 Å². The normalized spacial score (nSPS) is 26.7. The van der Waals surface area contributed by atoms with E-state index >= 15 is 0 Å². The third kappa shape index (κ3) is 6.08. The second-order valence-electron chi connectivity index (χ2n) is 6.42. The summed E-state index contributed by atoms with van der Waals surface area (Å²) in [5.74, 6) is 1.01. The van der Waals surface area contributed by atoms with Crippen LogP contribution in [0.5, 0.6) is 0 Å². The molecule has 20 heavy (non-hydrogen) atoms. The van der Waals surface area contributed by atoms with E-state index in [0.717, 1.165) is 6.42 Å². The molecule has 0 radical (unpaired) electrons. The number of nitrogens with one attached hydrogen (secondary N) is 1. The Hall–Kier alpha value is -0.160. The molecule has 1 fully saturated rings. The number of hydrogen-bond donors (Lipinski definition) is 3. The largest absolute Gasteiger partial charge is 0.395 e. The molecule has 3 unspecified atom stereocenters. The highest BCUT2D eigenvalue weighted by atomic mass is 16.5. The summed E-state index contributed by atoms with van der Waals surface area (Å²) in [6, 6.07) is 0.0442. The zero-order chi connectivity index (χ0) is 15.0. The molecule has 0 aromatic carbocycles. The topological polar surface area (TPSA) is 61.7 Å². The van der Waals surface area contributed by atoms with Crippen LogP contribution in [0.3, 0.4) is 0 Å². The predicted molar refractivity (Wildman–Crippen MR) is 81.7 cm³/mol. The van der Waals surface area contributed by atoms with Crippen molar-refractivity contribution < 1.29 is 14.9 Å². The van der Waals surface area contributed by atoms with Crippen LogP contribution in [0.4, 0.5) is 0 Å². The van der Waals surface area contributed by atoms with Crippen LogP contribution in [0.1, 0.15) is 52.9 Å². The summed E-state index contributed by atoms with van der Waals surface area (Å²) in [4.78, 5) is 0. The minimum absolute atomic E-state index is 0.0442. The van der Waals surface area contributed by atoms with Crippen LogP contribution in [0.25, 0.3) is 0 Å². The van der Waals surface area contributed by atoms with Gasteiger partial charge >= 0.3 is 0 Å². The third-order valence-corrected chi connectivity index (χ3v) is 4.48. The Morgan fingerprint density at radius 3 is 2.55 bits per heavy atom. The highest BCUT2D eigenvalue weighted by Crippen LogP contribution is 2.29. The first-order chi connectivity index (χ1) is 9.58. The van der Waals surface area contributed by atoms with Crippen LogP contribution < -0.4 is 5.32 Å². The van der Waals surface area contributed by atoms with Crippen molar-refractivity contribution in [3.63, 3.8) is 0 Å². The Morgan fingerprint density at radius 1 is 1.25 bits per heavy atom. The molecular weight excluding hydrogens is 254 g/mol. The van der Waals surface area contributed by atoms with E-state index < -0.39 is 6.10 Å². The second kappa shape index (κ2) is 9.72. The minimum Gasteiger partial charge on any atom is -0.395 e. The monoisotopic (exact) mass is 287 g/mol. The Morgan fingerprint density at radius 2 is 1.95 bits per heavy atom. The van der Waals surface area contributed by atoms with Crippen LogP contribution in [-0.2, 0) is 4.74 Å². The Balaban J connectivity index is 2.23. The molecule has 0 aromatic rings. The van der Waals surface area contributed by atoms with Gasteiger partial charge < -0.3 is 20.3 Å². The highest BCUT2D eigenvalue weighted by molar-refractivity contribution is 4.76. The smallest absolute Gasteiger partial charge is 0.0897 e. The molecule has 3 N–H and O–H groups in total. The molecule has 0 amide bonds. The molecule has 0 saturated heterocycles. The summed E-state index contributed by atoms with van der Waals surface area (Å²) in [6.07, 6.45) is 5.94. The second-order valence-corrected chi connectivity index (χ2v) is 6.42. The van der Waals surface area contributed by atoms with Gasteiger partial charge in [0.1, 0.15) is 0 Å². The Labute approximate surface area is 123 Å². The van der Waals surface area contributed by atoms with E-state index in [9.17, 15) is 10.2 Å². The van der Waals surface area contributed by atoms with Gasteiger partial charge in [0.25, 0.3) is 0 Å². The molecule has 0 spiro atoms. The maximum atomic E-state index is 10.00. The van der Waals surface area contributed by atoms with Gasteiger partial charge in [0, 0.05) is 12.6 Å². The molecule has 4 nitrogen and oxygen atoms in total.